The molecule has 94 valence electrons. The molecule has 0 radical (unpaired) electrons. The van der Waals surface area contributed by atoms with Gasteiger partial charge in [-0.15, -0.1) is 0 Å². The van der Waals surface area contributed by atoms with Crippen molar-refractivity contribution < 1.29 is 26.8 Å². The first-order valence-corrected chi connectivity index (χ1v) is 5.32. The van der Waals surface area contributed by atoms with Crippen molar-refractivity contribution >= 4 is 12.0 Å². The fourth-order valence-electron chi connectivity index (χ4n) is 1.19. The Kier molecular flexibility index (Phi) is 7.26. The SMILES string of the molecule is C=Cc1ccc(C(=O)OCC[NH+](C)C)cc1.[Cl-]. The van der Waals surface area contributed by atoms with Gasteiger partial charge in [0.25, 0.3) is 0 Å². The normalized spacial score (nSPS) is 9.59. The predicted molar refractivity (Wildman–Crippen MR) is 64.5 cm³/mol. The molecule has 0 aliphatic carbocycles. The van der Waals surface area contributed by atoms with Crippen molar-refractivity contribution in [2.45, 2.75) is 0 Å². The fourth-order valence-corrected chi connectivity index (χ4v) is 1.19. The molecular weight excluding hydrogens is 238 g/mol. The molecule has 0 heterocycles. The third kappa shape index (κ3) is 5.52. The van der Waals surface area contributed by atoms with Crippen LogP contribution in [0, 0.1) is 0 Å². The molecule has 1 N–H and O–H groups in total. The van der Waals surface area contributed by atoms with Crippen molar-refractivity contribution in [1.29, 1.82) is 0 Å². The molecule has 1 aromatic carbocycles. The molecule has 1 aromatic rings. The molecule has 0 amide bonds. The van der Waals surface area contributed by atoms with E-state index in [1.54, 1.807) is 18.2 Å². The molecule has 0 saturated heterocycles. The van der Waals surface area contributed by atoms with Crippen LogP contribution in [0.2, 0.25) is 0 Å². The Labute approximate surface area is 108 Å². The maximum absolute atomic E-state index is 11.6. The minimum Gasteiger partial charge on any atom is -1.00 e. The highest BCUT2D eigenvalue weighted by Crippen LogP contribution is 2.06. The average molecular weight is 256 g/mol. The van der Waals surface area contributed by atoms with Crippen molar-refractivity contribution in [2.75, 3.05) is 27.2 Å². The van der Waals surface area contributed by atoms with E-state index in [1.165, 1.54) is 4.90 Å². The molecule has 1 rings (SSSR count). The zero-order valence-corrected chi connectivity index (χ0v) is 11.0. The quantitative estimate of drug-likeness (QED) is 0.597. The molecule has 4 heteroatoms. The Bertz CT molecular complexity index is 360. The van der Waals surface area contributed by atoms with Gasteiger partial charge in [-0.05, 0) is 17.7 Å². The lowest BCUT2D eigenvalue weighted by atomic mass is 10.1. The van der Waals surface area contributed by atoms with Crippen LogP contribution in [-0.2, 0) is 4.74 Å². The van der Waals surface area contributed by atoms with Gasteiger partial charge in [-0.1, -0.05) is 24.8 Å². The van der Waals surface area contributed by atoms with Crippen molar-refractivity contribution in [3.63, 3.8) is 0 Å². The van der Waals surface area contributed by atoms with E-state index < -0.39 is 0 Å². The molecule has 0 bridgehead atoms. The number of benzene rings is 1. The second kappa shape index (κ2) is 7.87. The first kappa shape index (κ1) is 15.7. The van der Waals surface area contributed by atoms with Gasteiger partial charge in [0.05, 0.1) is 19.7 Å². The summed E-state index contributed by atoms with van der Waals surface area (Å²) in [6.45, 7) is 4.92. The minimum absolute atomic E-state index is 0. The maximum atomic E-state index is 11.6. The Hall–Kier alpha value is -1.32. The molecule has 0 aliphatic heterocycles. The Morgan fingerprint density at radius 1 is 1.35 bits per heavy atom. The molecule has 17 heavy (non-hydrogen) atoms. The minimum atomic E-state index is -0.267. The number of carbonyl (C=O) groups excluding carboxylic acids is 1. The summed E-state index contributed by atoms with van der Waals surface area (Å²) in [5, 5.41) is 0. The van der Waals surface area contributed by atoms with Crippen LogP contribution in [0.4, 0.5) is 0 Å². The maximum Gasteiger partial charge on any atom is 0.338 e. The zero-order chi connectivity index (χ0) is 12.0. The molecule has 3 nitrogen and oxygen atoms in total. The summed E-state index contributed by atoms with van der Waals surface area (Å²) in [6, 6.07) is 7.20. The number of carbonyl (C=O) groups is 1. The van der Waals surface area contributed by atoms with Crippen LogP contribution in [0.1, 0.15) is 15.9 Å². The summed E-state index contributed by atoms with van der Waals surface area (Å²) < 4.78 is 5.13. The van der Waals surface area contributed by atoms with Crippen LogP contribution in [0.15, 0.2) is 30.8 Å². The van der Waals surface area contributed by atoms with Crippen LogP contribution in [0.3, 0.4) is 0 Å². The molecule has 0 saturated carbocycles. The van der Waals surface area contributed by atoms with E-state index in [9.17, 15) is 4.79 Å². The molecule has 0 aliphatic rings. The smallest absolute Gasteiger partial charge is 0.338 e. The fraction of sp³-hybridized carbons (Fsp3) is 0.308. The van der Waals surface area contributed by atoms with Crippen LogP contribution >= 0.6 is 0 Å². The van der Waals surface area contributed by atoms with Crippen LogP contribution in [0.25, 0.3) is 6.08 Å². The van der Waals surface area contributed by atoms with E-state index >= 15 is 0 Å². The van der Waals surface area contributed by atoms with E-state index in [2.05, 4.69) is 6.58 Å². The van der Waals surface area contributed by atoms with Gasteiger partial charge in [0.2, 0.25) is 0 Å². The Morgan fingerprint density at radius 3 is 2.41 bits per heavy atom. The molecule has 0 fully saturated rings. The summed E-state index contributed by atoms with van der Waals surface area (Å²) in [7, 11) is 4.04. The second-order valence-corrected chi connectivity index (χ2v) is 3.92. The van der Waals surface area contributed by atoms with Gasteiger partial charge in [0.1, 0.15) is 13.2 Å². The third-order valence-electron chi connectivity index (χ3n) is 2.22. The van der Waals surface area contributed by atoms with Gasteiger partial charge >= 0.3 is 5.97 Å². The summed E-state index contributed by atoms with van der Waals surface area (Å²) >= 11 is 0. The van der Waals surface area contributed by atoms with Gasteiger partial charge in [-0.3, -0.25) is 0 Å². The van der Waals surface area contributed by atoms with Gasteiger partial charge in [-0.25, -0.2) is 4.79 Å². The number of nitrogens with one attached hydrogen (secondary N) is 1. The van der Waals surface area contributed by atoms with Gasteiger partial charge in [-0.2, -0.15) is 0 Å². The number of hydrogen-bond acceptors (Lipinski definition) is 2. The lowest BCUT2D eigenvalue weighted by Gasteiger charge is -2.08. The number of rotatable bonds is 5. The number of halogens is 1. The van der Waals surface area contributed by atoms with Crippen LogP contribution in [-0.4, -0.2) is 33.2 Å². The molecule has 0 atom stereocenters. The average Bonchev–Trinajstić information content (AvgIpc) is 2.28. The zero-order valence-electron chi connectivity index (χ0n) is 10.2. The number of hydrogen-bond donors (Lipinski definition) is 1. The summed E-state index contributed by atoms with van der Waals surface area (Å²) in [6.07, 6.45) is 1.74. The number of likely N-dealkylation sites (N-methyl/N-ethyl adjacent to an activating group) is 1. The molecule has 0 spiro atoms. The van der Waals surface area contributed by atoms with Crippen molar-refractivity contribution in [1.82, 2.24) is 0 Å². The highest BCUT2D eigenvalue weighted by Gasteiger charge is 2.06. The van der Waals surface area contributed by atoms with E-state index in [4.69, 9.17) is 4.74 Å². The first-order chi connectivity index (χ1) is 7.63. The van der Waals surface area contributed by atoms with E-state index in [0.29, 0.717) is 12.2 Å². The molecular formula is C13H18ClNO2. The van der Waals surface area contributed by atoms with E-state index in [-0.39, 0.29) is 18.4 Å². The highest BCUT2D eigenvalue weighted by molar-refractivity contribution is 5.89. The van der Waals surface area contributed by atoms with Crippen molar-refractivity contribution in [3.8, 4) is 0 Å². The Balaban J connectivity index is 0.00000256. The van der Waals surface area contributed by atoms with Crippen LogP contribution in [0.5, 0.6) is 0 Å². The topological polar surface area (TPSA) is 30.7 Å². The number of quaternary nitrogens is 1. The standard InChI is InChI=1S/C13H17NO2.ClH/c1-4-11-5-7-12(8-6-11)13(15)16-10-9-14(2)3;/h4-8H,1,9-10H2,2-3H3;1H. The predicted octanol–water partition coefficient (Wildman–Crippen LogP) is -2.37. The highest BCUT2D eigenvalue weighted by atomic mass is 35.5. The van der Waals surface area contributed by atoms with Gasteiger partial charge in [0, 0.05) is 0 Å². The number of ether oxygens (including phenoxy) is 1. The Morgan fingerprint density at radius 2 is 1.94 bits per heavy atom. The van der Waals surface area contributed by atoms with E-state index in [1.807, 2.05) is 26.2 Å². The lowest BCUT2D eigenvalue weighted by molar-refractivity contribution is -0.858. The third-order valence-corrected chi connectivity index (χ3v) is 2.22. The largest absolute Gasteiger partial charge is 1.00 e. The molecule has 0 aromatic heterocycles. The van der Waals surface area contributed by atoms with Crippen LogP contribution < -0.4 is 17.3 Å². The first-order valence-electron chi connectivity index (χ1n) is 5.32. The van der Waals surface area contributed by atoms with E-state index in [0.717, 1.165) is 12.1 Å². The van der Waals surface area contributed by atoms with Gasteiger partial charge in [0.15, 0.2) is 0 Å². The lowest BCUT2D eigenvalue weighted by Crippen LogP contribution is -3.06. The summed E-state index contributed by atoms with van der Waals surface area (Å²) in [4.78, 5) is 12.8. The second-order valence-electron chi connectivity index (χ2n) is 3.92. The molecule has 0 unspecified atom stereocenters. The number of esters is 1. The van der Waals surface area contributed by atoms with Gasteiger partial charge < -0.3 is 22.0 Å². The van der Waals surface area contributed by atoms with Crippen molar-refractivity contribution in [2.24, 2.45) is 0 Å². The summed E-state index contributed by atoms with van der Waals surface area (Å²) in [5.74, 6) is -0.267. The monoisotopic (exact) mass is 255 g/mol. The summed E-state index contributed by atoms with van der Waals surface area (Å²) in [5.41, 5.74) is 1.58. The van der Waals surface area contributed by atoms with Crippen molar-refractivity contribution in [3.05, 3.63) is 42.0 Å².